The lowest BCUT2D eigenvalue weighted by atomic mass is 9.74. The second-order valence-electron chi connectivity index (χ2n) is 15.1. The number of halogens is 7. The van der Waals surface area contributed by atoms with Crippen molar-refractivity contribution < 1.29 is 27.5 Å². The van der Waals surface area contributed by atoms with E-state index in [1.165, 1.54) is 6.07 Å². The van der Waals surface area contributed by atoms with Crippen molar-refractivity contribution >= 4 is 75.7 Å². The summed E-state index contributed by atoms with van der Waals surface area (Å²) < 4.78 is 50.8. The van der Waals surface area contributed by atoms with Crippen molar-refractivity contribution in [3.63, 3.8) is 0 Å². The Morgan fingerprint density at radius 3 is 2.24 bits per heavy atom. The number of ether oxygens (including phenoxy) is 1. The fourth-order valence-electron chi connectivity index (χ4n) is 7.86. The van der Waals surface area contributed by atoms with Gasteiger partial charge in [-0.25, -0.2) is 0 Å². The van der Waals surface area contributed by atoms with Crippen LogP contribution in [0, 0.1) is 17.2 Å². The highest BCUT2D eigenvalue weighted by Gasteiger charge is 2.48. The quantitative estimate of drug-likeness (QED) is 0.119. The van der Waals surface area contributed by atoms with Crippen LogP contribution in [0.2, 0.25) is 20.1 Å². The van der Waals surface area contributed by atoms with Crippen molar-refractivity contribution in [1.82, 2.24) is 15.1 Å². The minimum Gasteiger partial charge on any atom is -0.475 e. The number of amides is 2. The molecule has 0 radical (unpaired) electrons. The van der Waals surface area contributed by atoms with Crippen molar-refractivity contribution in [2.24, 2.45) is 17.6 Å². The van der Waals surface area contributed by atoms with Crippen molar-refractivity contribution in [2.45, 2.75) is 82.7 Å². The average molecular weight is 833 g/mol. The molecule has 2 atom stereocenters. The molecule has 16 heteroatoms. The summed E-state index contributed by atoms with van der Waals surface area (Å²) in [6, 6.07) is 3.07. The maximum absolute atomic E-state index is 14.8. The summed E-state index contributed by atoms with van der Waals surface area (Å²) in [5.41, 5.74) is 4.13. The van der Waals surface area contributed by atoms with E-state index in [4.69, 9.17) is 62.3 Å². The number of hydrogen-bond acceptors (Lipinski definition) is 7. The van der Waals surface area contributed by atoms with Gasteiger partial charge in [-0.05, 0) is 75.5 Å². The van der Waals surface area contributed by atoms with E-state index in [-0.39, 0.29) is 72.9 Å². The van der Waals surface area contributed by atoms with Crippen LogP contribution in [0.4, 0.5) is 18.9 Å². The lowest BCUT2D eigenvalue weighted by Gasteiger charge is -2.45. The Morgan fingerprint density at radius 1 is 0.981 bits per heavy atom. The molecule has 294 valence electrons. The molecule has 0 aromatic heterocycles. The third-order valence-corrected chi connectivity index (χ3v) is 12.7. The van der Waals surface area contributed by atoms with E-state index >= 15 is 0 Å². The van der Waals surface area contributed by atoms with Crippen LogP contribution in [0.5, 0.6) is 5.75 Å². The average Bonchev–Trinajstić information content (AvgIpc) is 3.97. The Kier molecular flexibility index (Phi) is 12.3. The maximum Gasteiger partial charge on any atom is 0.416 e. The molecule has 2 amide bonds. The molecule has 0 bridgehead atoms. The van der Waals surface area contributed by atoms with Gasteiger partial charge in [0.15, 0.2) is 11.4 Å². The Balaban J connectivity index is 1.32. The van der Waals surface area contributed by atoms with E-state index < -0.39 is 29.3 Å². The van der Waals surface area contributed by atoms with Crippen LogP contribution in [0.3, 0.4) is 0 Å². The fourth-order valence-corrected chi connectivity index (χ4v) is 9.06. The van der Waals surface area contributed by atoms with Gasteiger partial charge in [-0.2, -0.15) is 13.2 Å². The van der Waals surface area contributed by atoms with Crippen LogP contribution in [-0.4, -0.2) is 78.7 Å². The van der Waals surface area contributed by atoms with Crippen LogP contribution in [0.15, 0.2) is 24.4 Å². The third kappa shape index (κ3) is 8.14. The third-order valence-electron chi connectivity index (χ3n) is 11.0. The molecule has 2 aromatic carbocycles. The number of nitrogens with one attached hydrogen (secondary N) is 2. The number of piperidine rings is 1. The van der Waals surface area contributed by atoms with E-state index in [1.807, 2.05) is 4.90 Å². The van der Waals surface area contributed by atoms with E-state index in [1.54, 1.807) is 29.7 Å². The maximum atomic E-state index is 14.8. The summed E-state index contributed by atoms with van der Waals surface area (Å²) in [5.74, 6) is -1.20. The highest BCUT2D eigenvalue weighted by atomic mass is 35.5. The second-order valence-corrected chi connectivity index (χ2v) is 16.6. The lowest BCUT2D eigenvalue weighted by molar-refractivity contribution is -0.146. The number of benzene rings is 2. The van der Waals surface area contributed by atoms with E-state index in [9.17, 15) is 22.8 Å². The van der Waals surface area contributed by atoms with Gasteiger partial charge in [0.2, 0.25) is 5.91 Å². The van der Waals surface area contributed by atoms with Crippen LogP contribution in [0.25, 0.3) is 5.57 Å². The van der Waals surface area contributed by atoms with Crippen molar-refractivity contribution in [3.05, 3.63) is 61.2 Å². The van der Waals surface area contributed by atoms with Gasteiger partial charge in [0, 0.05) is 63.3 Å². The summed E-state index contributed by atoms with van der Waals surface area (Å²) in [4.78, 5) is 33.6. The number of anilines is 1. The first-order valence-corrected chi connectivity index (χ1v) is 19.9. The lowest BCUT2D eigenvalue weighted by Crippen LogP contribution is -2.54. The molecular formula is C38H45Cl4F3N6O3. The molecule has 0 spiro atoms. The molecule has 2 saturated carbocycles. The highest BCUT2D eigenvalue weighted by Crippen LogP contribution is 2.53. The predicted octanol–water partition coefficient (Wildman–Crippen LogP) is 8.61. The van der Waals surface area contributed by atoms with Crippen LogP contribution in [-0.2, 0) is 15.8 Å². The van der Waals surface area contributed by atoms with Gasteiger partial charge < -0.3 is 35.9 Å². The zero-order valence-electron chi connectivity index (χ0n) is 30.2. The summed E-state index contributed by atoms with van der Waals surface area (Å²) in [7, 11) is 0. The zero-order chi connectivity index (χ0) is 39.1. The van der Waals surface area contributed by atoms with Gasteiger partial charge in [0.05, 0.1) is 33.3 Å². The topological polar surface area (TPSA) is 115 Å². The first kappa shape index (κ1) is 40.8. The first-order valence-electron chi connectivity index (χ1n) is 18.3. The largest absolute Gasteiger partial charge is 0.475 e. The van der Waals surface area contributed by atoms with Gasteiger partial charge in [-0.3, -0.25) is 9.59 Å². The Bertz CT molecular complexity index is 1810. The molecule has 9 nitrogen and oxygen atoms in total. The van der Waals surface area contributed by atoms with Crippen molar-refractivity contribution in [1.29, 1.82) is 5.41 Å². The fraction of sp³-hybridized carbons (Fsp3) is 0.553. The molecular weight excluding hydrogens is 787 g/mol. The van der Waals surface area contributed by atoms with Gasteiger partial charge in [0.25, 0.3) is 5.91 Å². The molecule has 4 aliphatic rings. The Labute approximate surface area is 333 Å². The number of hydrogen-bond donors (Lipinski definition) is 3. The number of allylic oxidation sites excluding steroid dienone is 1. The van der Waals surface area contributed by atoms with Gasteiger partial charge in [0.1, 0.15) is 10.0 Å². The minimum absolute atomic E-state index is 0.00639. The van der Waals surface area contributed by atoms with Crippen LogP contribution < -0.4 is 20.7 Å². The predicted molar refractivity (Wildman–Crippen MR) is 208 cm³/mol. The zero-order valence-corrected chi connectivity index (χ0v) is 33.2. The molecule has 2 aromatic rings. The normalized spacial score (nSPS) is 20.7. The van der Waals surface area contributed by atoms with Crippen molar-refractivity contribution in [3.8, 4) is 5.75 Å². The number of alkyl halides is 3. The minimum atomic E-state index is -4.71. The van der Waals surface area contributed by atoms with E-state index in [0.29, 0.717) is 76.9 Å². The standard InChI is InChI=1S/C38H45Cl4F3N6O3/c1-37(2,36(53)49-15-12-48-13-16-49)54-34-30(41)28(39)29(40)33(31(34)42)50-14-4-7-23(20-50)35(52)51(25-9-10-25)32(21-5-3-6-21)26-11-8-22(24(18-46)19-47)17-27(26)38(43,44)45/h8,11,17-19,21,23,25,32,46,48H,3-7,9-10,12-16,20,47H2,1-2H3/b24-19+,46-18?/t23-,32?/m1/s1. The molecule has 2 aliphatic carbocycles. The molecule has 2 heterocycles. The number of nitrogens with two attached hydrogens (primary N) is 1. The monoisotopic (exact) mass is 830 g/mol. The van der Waals surface area contributed by atoms with E-state index in [0.717, 1.165) is 24.9 Å². The smallest absolute Gasteiger partial charge is 0.416 e. The summed E-state index contributed by atoms with van der Waals surface area (Å²) in [5, 5.41) is 10.9. The molecule has 4 fully saturated rings. The molecule has 4 N–H and O–H groups in total. The summed E-state index contributed by atoms with van der Waals surface area (Å²) >= 11 is 27.2. The molecule has 2 saturated heterocycles. The van der Waals surface area contributed by atoms with Crippen molar-refractivity contribution in [2.75, 3.05) is 44.2 Å². The Hall–Kier alpha value is -2.90. The molecule has 2 aliphatic heterocycles. The Morgan fingerprint density at radius 2 is 1.67 bits per heavy atom. The number of piperazine rings is 1. The summed E-state index contributed by atoms with van der Waals surface area (Å²) in [6.07, 6.45) is 2.08. The number of carbonyl (C=O) groups is 2. The van der Waals surface area contributed by atoms with Gasteiger partial charge in [-0.1, -0.05) is 65.0 Å². The van der Waals surface area contributed by atoms with Crippen LogP contribution >= 0.6 is 46.4 Å². The number of rotatable bonds is 11. The SMILES string of the molecule is CC(C)(Oc1c(Cl)c(Cl)c(Cl)c(N2CCC[C@@H](C(=O)N(C3CC3)C(c3ccc(/C(C=N)=C/N)cc3C(F)(F)F)C3CCC3)C2)c1Cl)C(=O)N1CCNCC1. The van der Waals surface area contributed by atoms with Gasteiger partial charge >= 0.3 is 6.18 Å². The highest BCUT2D eigenvalue weighted by molar-refractivity contribution is 6.52. The first-order chi connectivity index (χ1) is 25.6. The summed E-state index contributed by atoms with van der Waals surface area (Å²) in [6.45, 7) is 6.24. The molecule has 54 heavy (non-hydrogen) atoms. The van der Waals surface area contributed by atoms with Crippen LogP contribution in [0.1, 0.15) is 81.5 Å². The van der Waals surface area contributed by atoms with Gasteiger partial charge in [-0.15, -0.1) is 0 Å². The molecule has 6 rings (SSSR count). The molecule has 1 unspecified atom stereocenters. The number of nitrogens with zero attached hydrogens (tertiary/aromatic N) is 3. The van der Waals surface area contributed by atoms with E-state index in [2.05, 4.69) is 5.32 Å². The second kappa shape index (κ2) is 16.3. The number of carbonyl (C=O) groups excluding carboxylic acids is 2.